The van der Waals surface area contributed by atoms with Gasteiger partial charge in [0.1, 0.15) is 5.69 Å². The van der Waals surface area contributed by atoms with Gasteiger partial charge in [0.2, 0.25) is 5.91 Å². The Morgan fingerprint density at radius 3 is 2.45 bits per heavy atom. The summed E-state index contributed by atoms with van der Waals surface area (Å²) in [6.45, 7) is 5.14. The van der Waals surface area contributed by atoms with Gasteiger partial charge in [-0.1, -0.05) is 6.07 Å². The van der Waals surface area contributed by atoms with E-state index in [1.807, 2.05) is 0 Å². The largest absolute Gasteiger partial charge is 0.469 e. The van der Waals surface area contributed by atoms with E-state index in [0.717, 1.165) is 0 Å². The molecular formula is C15H21N3O4. The van der Waals surface area contributed by atoms with Crippen molar-refractivity contribution in [1.82, 2.24) is 10.3 Å². The highest BCUT2D eigenvalue weighted by Crippen LogP contribution is 2.22. The van der Waals surface area contributed by atoms with Gasteiger partial charge in [-0.3, -0.25) is 19.4 Å². The number of amides is 2. The number of pyridine rings is 1. The summed E-state index contributed by atoms with van der Waals surface area (Å²) in [5.41, 5.74) is 5.05. The number of nitrogens with zero attached hydrogens (tertiary/aromatic N) is 1. The van der Waals surface area contributed by atoms with E-state index in [1.54, 1.807) is 26.8 Å². The van der Waals surface area contributed by atoms with Gasteiger partial charge < -0.3 is 15.8 Å². The molecule has 3 N–H and O–H groups in total. The van der Waals surface area contributed by atoms with E-state index < -0.39 is 23.3 Å². The molecule has 0 saturated heterocycles. The molecule has 1 rings (SSSR count). The van der Waals surface area contributed by atoms with E-state index in [0.29, 0.717) is 5.56 Å². The Kier molecular flexibility index (Phi) is 5.62. The number of hydrogen-bond donors (Lipinski definition) is 2. The number of carbonyl (C=O) groups is 3. The zero-order valence-corrected chi connectivity index (χ0v) is 13.2. The fourth-order valence-electron chi connectivity index (χ4n) is 1.77. The number of rotatable bonds is 6. The van der Waals surface area contributed by atoms with Crippen LogP contribution in [0.1, 0.15) is 36.8 Å². The summed E-state index contributed by atoms with van der Waals surface area (Å²) in [5.74, 6) is -1.27. The van der Waals surface area contributed by atoms with Crippen LogP contribution in [-0.2, 0) is 20.7 Å². The second-order valence-corrected chi connectivity index (χ2v) is 5.60. The summed E-state index contributed by atoms with van der Waals surface area (Å²) in [6.07, 6.45) is 1.52. The highest BCUT2D eigenvalue weighted by atomic mass is 16.5. The average Bonchev–Trinajstić information content (AvgIpc) is 2.46. The predicted octanol–water partition coefficient (Wildman–Crippen LogP) is 0.427. The molecule has 22 heavy (non-hydrogen) atoms. The quantitative estimate of drug-likeness (QED) is 0.740. The van der Waals surface area contributed by atoms with Gasteiger partial charge in [0.15, 0.2) is 0 Å². The summed E-state index contributed by atoms with van der Waals surface area (Å²) in [6, 6.07) is 2.68. The number of aromatic nitrogens is 1. The minimum atomic E-state index is -0.835. The maximum Gasteiger partial charge on any atom is 0.313 e. The topological polar surface area (TPSA) is 111 Å². The first-order valence-electron chi connectivity index (χ1n) is 6.81. The number of hydrogen-bond acceptors (Lipinski definition) is 5. The lowest BCUT2D eigenvalue weighted by Gasteiger charge is -2.29. The van der Waals surface area contributed by atoms with Gasteiger partial charge in [-0.15, -0.1) is 0 Å². The minimum Gasteiger partial charge on any atom is -0.469 e. The third-order valence-corrected chi connectivity index (χ3v) is 3.61. The molecule has 7 nitrogen and oxygen atoms in total. The second-order valence-electron chi connectivity index (χ2n) is 5.60. The highest BCUT2D eigenvalue weighted by molar-refractivity contribution is 5.90. The fourth-order valence-corrected chi connectivity index (χ4v) is 1.77. The lowest BCUT2D eigenvalue weighted by Crippen LogP contribution is -2.47. The van der Waals surface area contributed by atoms with Crippen molar-refractivity contribution < 1.29 is 19.1 Å². The Bertz CT molecular complexity index is 567. The van der Waals surface area contributed by atoms with Crippen molar-refractivity contribution in [2.45, 2.75) is 33.2 Å². The maximum atomic E-state index is 12.0. The summed E-state index contributed by atoms with van der Waals surface area (Å²) in [7, 11) is 1.31. The normalized spacial score (nSPS) is 12.4. The van der Waals surface area contributed by atoms with Crippen LogP contribution >= 0.6 is 0 Å². The maximum absolute atomic E-state index is 12.0. The summed E-state index contributed by atoms with van der Waals surface area (Å²) in [4.78, 5) is 38.5. The molecule has 1 aromatic heterocycles. The highest BCUT2D eigenvalue weighted by Gasteiger charge is 2.35. The van der Waals surface area contributed by atoms with Gasteiger partial charge in [0.25, 0.3) is 5.91 Å². The van der Waals surface area contributed by atoms with E-state index in [2.05, 4.69) is 10.3 Å². The van der Waals surface area contributed by atoms with Gasteiger partial charge in [-0.25, -0.2) is 0 Å². The number of nitrogens with two attached hydrogens (primary N) is 1. The average molecular weight is 307 g/mol. The van der Waals surface area contributed by atoms with Crippen molar-refractivity contribution in [3.05, 3.63) is 29.6 Å². The molecule has 0 aromatic carbocycles. The van der Waals surface area contributed by atoms with E-state index >= 15 is 0 Å². The summed E-state index contributed by atoms with van der Waals surface area (Å²) >= 11 is 0. The molecule has 120 valence electrons. The molecule has 0 spiro atoms. The number of primary amides is 1. The predicted molar refractivity (Wildman–Crippen MR) is 79.9 cm³/mol. The molecule has 0 aliphatic rings. The molecular weight excluding hydrogens is 286 g/mol. The number of ether oxygens (including phenoxy) is 1. The third-order valence-electron chi connectivity index (χ3n) is 3.61. The molecule has 1 heterocycles. The van der Waals surface area contributed by atoms with Crippen LogP contribution in [0.5, 0.6) is 0 Å². The van der Waals surface area contributed by atoms with Crippen LogP contribution in [0.2, 0.25) is 0 Å². The molecule has 1 atom stereocenters. The fraction of sp³-hybridized carbons (Fsp3) is 0.467. The first-order valence-corrected chi connectivity index (χ1v) is 6.81. The Morgan fingerprint density at radius 2 is 2.00 bits per heavy atom. The van der Waals surface area contributed by atoms with Crippen molar-refractivity contribution in [3.63, 3.8) is 0 Å². The molecule has 0 fully saturated rings. The van der Waals surface area contributed by atoms with Crippen molar-refractivity contribution in [2.75, 3.05) is 7.11 Å². The van der Waals surface area contributed by atoms with Gasteiger partial charge in [0.05, 0.1) is 18.9 Å². The second kappa shape index (κ2) is 7.02. The lowest BCUT2D eigenvalue weighted by atomic mass is 9.85. The number of esters is 1. The lowest BCUT2D eigenvalue weighted by molar-refractivity contribution is -0.152. The Hall–Kier alpha value is -2.44. The van der Waals surface area contributed by atoms with E-state index in [-0.39, 0.29) is 18.0 Å². The first kappa shape index (κ1) is 17.6. The van der Waals surface area contributed by atoms with Crippen LogP contribution in [0.25, 0.3) is 0 Å². The number of nitrogens with one attached hydrogen (secondary N) is 1. The minimum absolute atomic E-state index is 0.0909. The van der Waals surface area contributed by atoms with Crippen LogP contribution in [0, 0.1) is 5.41 Å². The number of methoxy groups -OCH3 is 1. The molecule has 0 saturated carbocycles. The monoisotopic (exact) mass is 307 g/mol. The van der Waals surface area contributed by atoms with Crippen molar-refractivity contribution in [1.29, 1.82) is 0 Å². The van der Waals surface area contributed by atoms with E-state index in [4.69, 9.17) is 10.5 Å². The van der Waals surface area contributed by atoms with Crippen LogP contribution < -0.4 is 11.1 Å². The smallest absolute Gasteiger partial charge is 0.313 e. The van der Waals surface area contributed by atoms with Crippen LogP contribution in [0.3, 0.4) is 0 Å². The molecule has 0 aliphatic carbocycles. The zero-order chi connectivity index (χ0) is 16.9. The van der Waals surface area contributed by atoms with Crippen molar-refractivity contribution >= 4 is 17.8 Å². The first-order chi connectivity index (χ1) is 10.2. The standard InChI is InChI=1S/C15H21N3O4/c1-9(15(2,3)14(21)22-4)18-12(19)7-10-5-6-11(13(16)20)17-8-10/h5-6,8-9H,7H2,1-4H3,(H2,16,20)(H,18,19)/t9-/m0/s1. The molecule has 0 unspecified atom stereocenters. The van der Waals surface area contributed by atoms with Crippen molar-refractivity contribution in [2.24, 2.45) is 11.1 Å². The Morgan fingerprint density at radius 1 is 1.36 bits per heavy atom. The Labute approximate surface area is 129 Å². The third kappa shape index (κ3) is 4.28. The van der Waals surface area contributed by atoms with Crippen LogP contribution in [0.4, 0.5) is 0 Å². The summed E-state index contributed by atoms with van der Waals surface area (Å²) in [5, 5.41) is 2.76. The Balaban J connectivity index is 2.66. The summed E-state index contributed by atoms with van der Waals surface area (Å²) < 4.78 is 4.73. The van der Waals surface area contributed by atoms with Gasteiger partial charge in [-0.2, -0.15) is 0 Å². The van der Waals surface area contributed by atoms with Gasteiger partial charge in [0, 0.05) is 12.2 Å². The molecule has 0 bridgehead atoms. The number of carbonyl (C=O) groups excluding carboxylic acids is 3. The molecule has 2 amide bonds. The van der Waals surface area contributed by atoms with Crippen molar-refractivity contribution in [3.8, 4) is 0 Å². The van der Waals surface area contributed by atoms with Gasteiger partial charge in [-0.05, 0) is 32.4 Å². The van der Waals surface area contributed by atoms with E-state index in [9.17, 15) is 14.4 Å². The molecule has 1 aromatic rings. The van der Waals surface area contributed by atoms with Gasteiger partial charge >= 0.3 is 5.97 Å². The SMILES string of the molecule is COC(=O)C(C)(C)[C@H](C)NC(=O)Cc1ccc(C(N)=O)nc1. The van der Waals surface area contributed by atoms with E-state index in [1.165, 1.54) is 19.4 Å². The molecule has 0 aliphatic heterocycles. The zero-order valence-electron chi connectivity index (χ0n) is 13.2. The van der Waals surface area contributed by atoms with Crippen LogP contribution in [0.15, 0.2) is 18.3 Å². The molecule has 0 radical (unpaired) electrons. The van der Waals surface area contributed by atoms with Crippen LogP contribution in [-0.4, -0.2) is 35.9 Å². The molecule has 7 heteroatoms.